The fraction of sp³-hybridized carbons (Fsp3) is 1.00. The van der Waals surface area contributed by atoms with Gasteiger partial charge < -0.3 is 14.2 Å². The van der Waals surface area contributed by atoms with Crippen LogP contribution >= 0.6 is 0 Å². The van der Waals surface area contributed by atoms with Crippen LogP contribution in [0.1, 0.15) is 296 Å². The predicted octanol–water partition coefficient (Wildman–Crippen LogP) is 17.7. The number of hydrogen-bond acceptors (Lipinski definition) is 3. The zero-order valence-electron chi connectivity index (χ0n) is 39.1. The van der Waals surface area contributed by atoms with Gasteiger partial charge in [0.05, 0.1) is 13.2 Å². The SMILES string of the molecule is CCCCCCCCCCCCCCCCCCC(OC(CCCCCCCCCCCCCCCCCC)(C1CCCCC1)C1CO1)(C1CCCCC1)C1CO1. The number of ether oxygens (including phenoxy) is 3. The smallest absolute Gasteiger partial charge is 0.110 e. The summed E-state index contributed by atoms with van der Waals surface area (Å²) in [6.45, 7) is 6.50. The van der Waals surface area contributed by atoms with Gasteiger partial charge in [-0.3, -0.25) is 0 Å². The van der Waals surface area contributed by atoms with E-state index in [0.717, 1.165) is 13.2 Å². The highest BCUT2D eigenvalue weighted by molar-refractivity contribution is 5.09. The van der Waals surface area contributed by atoms with Crippen LogP contribution in [0.15, 0.2) is 0 Å². The number of hydrogen-bond donors (Lipinski definition) is 0. The van der Waals surface area contributed by atoms with Gasteiger partial charge in [-0.15, -0.1) is 0 Å². The minimum atomic E-state index is -0.0884. The molecule has 2 saturated carbocycles. The summed E-state index contributed by atoms with van der Waals surface area (Å²) < 4.78 is 21.0. The van der Waals surface area contributed by atoms with Gasteiger partial charge >= 0.3 is 0 Å². The van der Waals surface area contributed by atoms with Crippen LogP contribution in [-0.4, -0.2) is 36.6 Å². The second-order valence-electron chi connectivity index (χ2n) is 20.4. The largest absolute Gasteiger partial charge is 0.370 e. The average molecular weight is 799 g/mol. The normalized spacial score (nSPS) is 22.4. The van der Waals surface area contributed by atoms with Gasteiger partial charge in [0.25, 0.3) is 0 Å². The third-order valence-electron chi connectivity index (χ3n) is 15.6. The average Bonchev–Trinajstić information content (AvgIpc) is 4.18. The summed E-state index contributed by atoms with van der Waals surface area (Å²) in [5.41, 5.74) is -0.177. The molecule has 4 unspecified atom stereocenters. The second kappa shape index (κ2) is 31.7. The highest BCUT2D eigenvalue weighted by Gasteiger charge is 2.61. The van der Waals surface area contributed by atoms with E-state index < -0.39 is 0 Å². The third-order valence-corrected chi connectivity index (χ3v) is 15.6. The fourth-order valence-electron chi connectivity index (χ4n) is 11.8. The number of unbranched alkanes of at least 4 members (excludes halogenated alkanes) is 30. The van der Waals surface area contributed by atoms with Crippen molar-refractivity contribution in [2.75, 3.05) is 13.2 Å². The van der Waals surface area contributed by atoms with Crippen LogP contribution in [0.25, 0.3) is 0 Å². The van der Waals surface area contributed by atoms with Crippen LogP contribution in [-0.2, 0) is 14.2 Å². The first-order chi connectivity index (χ1) is 28.2. The van der Waals surface area contributed by atoms with E-state index in [4.69, 9.17) is 14.2 Å². The first-order valence-corrected chi connectivity index (χ1v) is 27.2. The third kappa shape index (κ3) is 20.1. The Hall–Kier alpha value is -0.120. The first-order valence-electron chi connectivity index (χ1n) is 27.2. The van der Waals surface area contributed by atoms with E-state index in [2.05, 4.69) is 13.8 Å². The lowest BCUT2D eigenvalue weighted by molar-refractivity contribution is -0.235. The van der Waals surface area contributed by atoms with Crippen molar-refractivity contribution in [3.8, 4) is 0 Å². The molecule has 2 aliphatic carbocycles. The van der Waals surface area contributed by atoms with Crippen LogP contribution in [0.4, 0.5) is 0 Å². The Morgan fingerprint density at radius 1 is 0.333 bits per heavy atom. The van der Waals surface area contributed by atoms with Crippen LogP contribution < -0.4 is 0 Å². The molecule has 0 spiro atoms. The maximum atomic E-state index is 8.15. The summed E-state index contributed by atoms with van der Waals surface area (Å²) >= 11 is 0. The standard InChI is InChI=1S/C54H102O3/c1-3-5-7-9-11-13-15-17-19-21-23-25-27-29-31-39-45-53(51-47-55-51,49-41-35-33-36-42-49)57-54(52-48-56-52,50-43-37-34-38-44-50)46-40-32-30-28-26-24-22-20-18-16-14-12-10-8-6-4-2/h49-52H,3-48H2,1-2H3. The maximum absolute atomic E-state index is 8.15. The minimum absolute atomic E-state index is 0.0884. The van der Waals surface area contributed by atoms with Gasteiger partial charge in [-0.2, -0.15) is 0 Å². The summed E-state index contributed by atoms with van der Waals surface area (Å²) in [6.07, 6.45) is 62.7. The van der Waals surface area contributed by atoms with Crippen molar-refractivity contribution in [1.29, 1.82) is 0 Å². The van der Waals surface area contributed by atoms with E-state index in [9.17, 15) is 0 Å². The molecule has 57 heavy (non-hydrogen) atoms. The van der Waals surface area contributed by atoms with Gasteiger partial charge in [0.2, 0.25) is 0 Å². The molecule has 3 heteroatoms. The number of epoxide rings is 2. The number of rotatable bonds is 40. The highest BCUT2D eigenvalue weighted by atomic mass is 16.6. The molecule has 0 aromatic heterocycles. The van der Waals surface area contributed by atoms with E-state index in [1.165, 1.54) is 283 Å². The predicted molar refractivity (Wildman–Crippen MR) is 248 cm³/mol. The Morgan fingerprint density at radius 2 is 0.561 bits per heavy atom. The topological polar surface area (TPSA) is 34.3 Å². The van der Waals surface area contributed by atoms with E-state index in [0.29, 0.717) is 24.0 Å². The summed E-state index contributed by atoms with van der Waals surface area (Å²) in [5.74, 6) is 1.34. The van der Waals surface area contributed by atoms with Gasteiger partial charge in [0.1, 0.15) is 23.4 Å². The first kappa shape index (κ1) is 49.5. The molecule has 0 bridgehead atoms. The van der Waals surface area contributed by atoms with Crippen molar-refractivity contribution in [3.63, 3.8) is 0 Å². The molecule has 4 fully saturated rings. The second-order valence-corrected chi connectivity index (χ2v) is 20.4. The Kier molecular flexibility index (Phi) is 27.5. The molecule has 4 rings (SSSR count). The van der Waals surface area contributed by atoms with Gasteiger partial charge in [-0.1, -0.05) is 258 Å². The summed E-state index contributed by atoms with van der Waals surface area (Å²) in [5, 5.41) is 0. The van der Waals surface area contributed by atoms with Crippen molar-refractivity contribution in [2.45, 2.75) is 320 Å². The molecule has 0 aromatic rings. The summed E-state index contributed by atoms with van der Waals surface area (Å²) in [6, 6.07) is 0. The molecule has 0 N–H and O–H groups in total. The molecule has 2 aliphatic heterocycles. The summed E-state index contributed by atoms with van der Waals surface area (Å²) in [4.78, 5) is 0. The van der Waals surface area contributed by atoms with Gasteiger partial charge in [-0.25, -0.2) is 0 Å². The van der Waals surface area contributed by atoms with Crippen molar-refractivity contribution in [1.82, 2.24) is 0 Å². The van der Waals surface area contributed by atoms with Crippen molar-refractivity contribution >= 4 is 0 Å². The van der Waals surface area contributed by atoms with E-state index in [-0.39, 0.29) is 11.2 Å². The monoisotopic (exact) mass is 799 g/mol. The van der Waals surface area contributed by atoms with Crippen LogP contribution in [0, 0.1) is 11.8 Å². The van der Waals surface area contributed by atoms with Gasteiger partial charge in [0, 0.05) is 0 Å². The summed E-state index contributed by atoms with van der Waals surface area (Å²) in [7, 11) is 0. The van der Waals surface area contributed by atoms with Crippen molar-refractivity contribution in [3.05, 3.63) is 0 Å². The van der Waals surface area contributed by atoms with Crippen LogP contribution in [0.2, 0.25) is 0 Å². The molecule has 2 heterocycles. The molecular weight excluding hydrogens is 697 g/mol. The van der Waals surface area contributed by atoms with Crippen molar-refractivity contribution in [2.24, 2.45) is 11.8 Å². The zero-order valence-corrected chi connectivity index (χ0v) is 39.1. The Balaban J connectivity index is 1.19. The Morgan fingerprint density at radius 3 is 0.789 bits per heavy atom. The molecule has 3 nitrogen and oxygen atoms in total. The molecule has 0 aromatic carbocycles. The van der Waals surface area contributed by atoms with Crippen LogP contribution in [0.5, 0.6) is 0 Å². The maximum Gasteiger partial charge on any atom is 0.110 e. The van der Waals surface area contributed by atoms with Gasteiger partial charge in [0.15, 0.2) is 0 Å². The van der Waals surface area contributed by atoms with E-state index in [1.807, 2.05) is 0 Å². The van der Waals surface area contributed by atoms with E-state index >= 15 is 0 Å². The minimum Gasteiger partial charge on any atom is -0.370 e. The lowest BCUT2D eigenvalue weighted by atomic mass is 9.69. The van der Waals surface area contributed by atoms with E-state index in [1.54, 1.807) is 0 Å². The molecule has 2 saturated heterocycles. The lowest BCUT2D eigenvalue weighted by Gasteiger charge is -2.52. The highest BCUT2D eigenvalue weighted by Crippen LogP contribution is 2.54. The molecule has 4 atom stereocenters. The molecular formula is C54H102O3. The zero-order chi connectivity index (χ0) is 40.0. The Bertz CT molecular complexity index is 829. The molecule has 0 radical (unpaired) electrons. The van der Waals surface area contributed by atoms with Crippen molar-refractivity contribution < 1.29 is 14.2 Å². The molecule has 4 aliphatic rings. The molecule has 336 valence electrons. The quantitative estimate of drug-likeness (QED) is 0.0457. The fourth-order valence-corrected chi connectivity index (χ4v) is 11.8. The van der Waals surface area contributed by atoms with Gasteiger partial charge in [-0.05, 0) is 50.4 Å². The van der Waals surface area contributed by atoms with Crippen LogP contribution in [0.3, 0.4) is 0 Å². The Labute approximate surface area is 357 Å². The molecule has 0 amide bonds. The lowest BCUT2D eigenvalue weighted by Crippen LogP contribution is -2.58.